The number of rotatable bonds is 26. The predicted molar refractivity (Wildman–Crippen MR) is 138 cm³/mol. The number of hydrogen-bond acceptors (Lipinski definition) is 4. The first kappa shape index (κ1) is 32.4. The van der Waals surface area contributed by atoms with Gasteiger partial charge in [0.1, 0.15) is 6.10 Å². The van der Waals surface area contributed by atoms with Gasteiger partial charge in [0.15, 0.2) is 0 Å². The second kappa shape index (κ2) is 24.5. The molecule has 5 nitrogen and oxygen atoms in total. The molecule has 0 fully saturated rings. The van der Waals surface area contributed by atoms with Crippen molar-refractivity contribution < 1.29 is 24.9 Å². The molecule has 0 saturated heterocycles. The molecule has 0 saturated carbocycles. The number of carboxylic acids is 1. The summed E-state index contributed by atoms with van der Waals surface area (Å²) >= 11 is 0. The summed E-state index contributed by atoms with van der Waals surface area (Å²) in [4.78, 5) is 10.6. The first-order chi connectivity index (χ1) is 16.1. The maximum atomic E-state index is 10.9. The van der Waals surface area contributed by atoms with Gasteiger partial charge in [0.2, 0.25) is 0 Å². The van der Waals surface area contributed by atoms with Gasteiger partial charge < -0.3 is 20.1 Å². The summed E-state index contributed by atoms with van der Waals surface area (Å²) in [5, 5.41) is 29.3. The summed E-state index contributed by atoms with van der Waals surface area (Å²) in [7, 11) is 0. The zero-order valence-electron chi connectivity index (χ0n) is 21.9. The molecular formula is C28H56O5. The van der Waals surface area contributed by atoms with Gasteiger partial charge in [0.25, 0.3) is 0 Å². The average Bonchev–Trinajstić information content (AvgIpc) is 2.80. The fraction of sp³-hybridized carbons (Fsp3) is 0.964. The van der Waals surface area contributed by atoms with E-state index in [-0.39, 0.29) is 18.9 Å². The maximum absolute atomic E-state index is 10.9. The molecule has 0 aliphatic rings. The third-order valence-electron chi connectivity index (χ3n) is 6.77. The van der Waals surface area contributed by atoms with Crippen LogP contribution in [0, 0.1) is 5.92 Å². The summed E-state index contributed by atoms with van der Waals surface area (Å²) in [5.74, 6) is -0.639. The van der Waals surface area contributed by atoms with Gasteiger partial charge in [0, 0.05) is 13.0 Å². The third-order valence-corrected chi connectivity index (χ3v) is 6.77. The van der Waals surface area contributed by atoms with Gasteiger partial charge in [-0.15, -0.1) is 0 Å². The lowest BCUT2D eigenvalue weighted by Gasteiger charge is -2.29. The highest BCUT2D eigenvalue weighted by Gasteiger charge is 2.27. The van der Waals surface area contributed by atoms with Gasteiger partial charge in [0.05, 0.1) is 12.7 Å². The SMILES string of the molecule is CCCCCCCCCCCCCCCC(CCCC)C(O)[C@H](CO)OCCCCC(=O)O. The Balaban J connectivity index is 3.99. The normalized spacial score (nSPS) is 14.3. The van der Waals surface area contributed by atoms with E-state index in [2.05, 4.69) is 13.8 Å². The molecule has 0 amide bonds. The average molecular weight is 473 g/mol. The molecule has 5 heteroatoms. The Morgan fingerprint density at radius 2 is 1.18 bits per heavy atom. The van der Waals surface area contributed by atoms with Gasteiger partial charge >= 0.3 is 5.97 Å². The van der Waals surface area contributed by atoms with Gasteiger partial charge in [-0.1, -0.05) is 110 Å². The van der Waals surface area contributed by atoms with E-state index in [1.165, 1.54) is 77.0 Å². The van der Waals surface area contributed by atoms with Crippen LogP contribution in [0.3, 0.4) is 0 Å². The highest BCUT2D eigenvalue weighted by atomic mass is 16.5. The molecule has 33 heavy (non-hydrogen) atoms. The Labute approximate surface area is 204 Å². The fourth-order valence-electron chi connectivity index (χ4n) is 4.55. The van der Waals surface area contributed by atoms with Crippen molar-refractivity contribution in [3.05, 3.63) is 0 Å². The van der Waals surface area contributed by atoms with Crippen molar-refractivity contribution >= 4 is 5.97 Å². The Hall–Kier alpha value is -0.650. The molecule has 0 radical (unpaired) electrons. The van der Waals surface area contributed by atoms with Crippen LogP contribution in [-0.4, -0.2) is 46.7 Å². The van der Waals surface area contributed by atoms with Gasteiger partial charge in [-0.2, -0.15) is 0 Å². The number of ether oxygens (including phenoxy) is 1. The van der Waals surface area contributed by atoms with Crippen LogP contribution in [0.2, 0.25) is 0 Å². The van der Waals surface area contributed by atoms with Crippen molar-refractivity contribution in [1.82, 2.24) is 0 Å². The molecule has 0 aliphatic carbocycles. The fourth-order valence-corrected chi connectivity index (χ4v) is 4.55. The molecule has 198 valence electrons. The zero-order chi connectivity index (χ0) is 24.6. The molecule has 0 bridgehead atoms. The van der Waals surface area contributed by atoms with E-state index in [1.807, 2.05) is 0 Å². The van der Waals surface area contributed by atoms with Crippen LogP contribution >= 0.6 is 0 Å². The smallest absolute Gasteiger partial charge is 0.303 e. The lowest BCUT2D eigenvalue weighted by atomic mass is 9.87. The minimum atomic E-state index is -0.800. The molecule has 0 aromatic carbocycles. The van der Waals surface area contributed by atoms with Crippen molar-refractivity contribution in [2.24, 2.45) is 5.92 Å². The Morgan fingerprint density at radius 3 is 1.67 bits per heavy atom. The Kier molecular flexibility index (Phi) is 24.0. The van der Waals surface area contributed by atoms with Crippen molar-refractivity contribution in [2.75, 3.05) is 13.2 Å². The number of carboxylic acid groups (broad SMARTS) is 1. The minimum Gasteiger partial charge on any atom is -0.481 e. The maximum Gasteiger partial charge on any atom is 0.303 e. The first-order valence-corrected chi connectivity index (χ1v) is 14.2. The van der Waals surface area contributed by atoms with Crippen molar-refractivity contribution in [3.63, 3.8) is 0 Å². The molecule has 3 atom stereocenters. The molecule has 0 spiro atoms. The summed E-state index contributed by atoms with van der Waals surface area (Å²) in [6.45, 7) is 4.62. The third kappa shape index (κ3) is 20.4. The van der Waals surface area contributed by atoms with Crippen LogP contribution < -0.4 is 0 Å². The zero-order valence-corrected chi connectivity index (χ0v) is 21.9. The number of unbranched alkanes of at least 4 members (excludes halogenated alkanes) is 14. The predicted octanol–water partition coefficient (Wildman–Crippen LogP) is 7.27. The summed E-state index contributed by atoms with van der Waals surface area (Å²) in [5.41, 5.74) is 0. The summed E-state index contributed by atoms with van der Waals surface area (Å²) in [6, 6.07) is 0. The minimum absolute atomic E-state index is 0.133. The molecule has 2 unspecified atom stereocenters. The van der Waals surface area contributed by atoms with E-state index in [1.54, 1.807) is 0 Å². The van der Waals surface area contributed by atoms with Crippen LogP contribution in [-0.2, 0) is 9.53 Å². The van der Waals surface area contributed by atoms with E-state index in [0.29, 0.717) is 19.4 Å². The Bertz CT molecular complexity index is 415. The second-order valence-electron chi connectivity index (χ2n) is 9.87. The van der Waals surface area contributed by atoms with Crippen LogP contribution in [0.4, 0.5) is 0 Å². The number of aliphatic carboxylic acids is 1. The molecule has 0 aromatic heterocycles. The van der Waals surface area contributed by atoms with E-state index >= 15 is 0 Å². The molecule has 3 N–H and O–H groups in total. The van der Waals surface area contributed by atoms with Crippen molar-refractivity contribution in [3.8, 4) is 0 Å². The van der Waals surface area contributed by atoms with E-state index < -0.39 is 18.2 Å². The van der Waals surface area contributed by atoms with Gasteiger partial charge in [-0.05, 0) is 31.6 Å². The number of aliphatic hydroxyl groups excluding tert-OH is 2. The first-order valence-electron chi connectivity index (χ1n) is 14.2. The summed E-state index contributed by atoms with van der Waals surface area (Å²) < 4.78 is 5.72. The van der Waals surface area contributed by atoms with Gasteiger partial charge in [-0.25, -0.2) is 0 Å². The quantitative estimate of drug-likeness (QED) is 0.115. The lowest BCUT2D eigenvalue weighted by molar-refractivity contribution is -0.137. The highest BCUT2D eigenvalue weighted by Crippen LogP contribution is 2.24. The molecule has 0 aliphatic heterocycles. The van der Waals surface area contributed by atoms with Crippen LogP contribution in [0.1, 0.15) is 142 Å². The standard InChI is InChI=1S/C28H56O5/c1-3-5-7-8-9-10-11-12-13-14-15-16-17-21-25(20-6-4-2)28(32)26(24-29)33-23-19-18-22-27(30)31/h25-26,28-29,32H,3-24H2,1-2H3,(H,30,31)/t25?,26-,28?/m0/s1. The highest BCUT2D eigenvalue weighted by molar-refractivity contribution is 5.66. The topological polar surface area (TPSA) is 87.0 Å². The van der Waals surface area contributed by atoms with Crippen molar-refractivity contribution in [1.29, 1.82) is 0 Å². The molecular weight excluding hydrogens is 416 g/mol. The largest absolute Gasteiger partial charge is 0.481 e. The number of aliphatic hydroxyl groups is 2. The number of carbonyl (C=O) groups is 1. The van der Waals surface area contributed by atoms with Gasteiger partial charge in [-0.3, -0.25) is 4.79 Å². The Morgan fingerprint density at radius 1 is 0.697 bits per heavy atom. The monoisotopic (exact) mass is 472 g/mol. The molecule has 0 rings (SSSR count). The van der Waals surface area contributed by atoms with Crippen LogP contribution in [0.5, 0.6) is 0 Å². The number of hydrogen-bond donors (Lipinski definition) is 3. The van der Waals surface area contributed by atoms with E-state index in [9.17, 15) is 15.0 Å². The van der Waals surface area contributed by atoms with E-state index in [0.717, 1.165) is 32.1 Å². The molecule has 0 heterocycles. The molecule has 0 aromatic rings. The summed E-state index contributed by atoms with van der Waals surface area (Å²) in [6.07, 6.45) is 21.6. The van der Waals surface area contributed by atoms with Crippen molar-refractivity contribution in [2.45, 2.75) is 154 Å². The van der Waals surface area contributed by atoms with Crippen LogP contribution in [0.25, 0.3) is 0 Å². The van der Waals surface area contributed by atoms with E-state index in [4.69, 9.17) is 9.84 Å². The lowest BCUT2D eigenvalue weighted by Crippen LogP contribution is -2.38. The second-order valence-corrected chi connectivity index (χ2v) is 9.87. The van der Waals surface area contributed by atoms with Crippen LogP contribution in [0.15, 0.2) is 0 Å².